The van der Waals surface area contributed by atoms with Crippen LogP contribution in [0.15, 0.2) is 36.0 Å². The van der Waals surface area contributed by atoms with Crippen molar-refractivity contribution in [2.75, 3.05) is 12.4 Å². The van der Waals surface area contributed by atoms with Gasteiger partial charge in [0.15, 0.2) is 6.04 Å². The summed E-state index contributed by atoms with van der Waals surface area (Å²) in [5.74, 6) is 0.793. The normalized spacial score (nSPS) is 11.5. The predicted octanol–water partition coefficient (Wildman–Crippen LogP) is 2.83. The lowest BCUT2D eigenvalue weighted by Gasteiger charge is -2.11. The third kappa shape index (κ3) is 2.74. The summed E-state index contributed by atoms with van der Waals surface area (Å²) >= 11 is 1.46. The molecule has 0 fully saturated rings. The van der Waals surface area contributed by atoms with Crippen molar-refractivity contribution >= 4 is 17.0 Å². The molecule has 0 radical (unpaired) electrons. The molecule has 1 aromatic carbocycles. The zero-order chi connectivity index (χ0) is 12.1. The first-order valence-corrected chi connectivity index (χ1v) is 5.90. The summed E-state index contributed by atoms with van der Waals surface area (Å²) in [7, 11) is 1.62. The highest BCUT2D eigenvalue weighted by atomic mass is 32.1. The van der Waals surface area contributed by atoms with Gasteiger partial charge in [-0.3, -0.25) is 4.98 Å². The molecule has 1 N–H and O–H groups in total. The van der Waals surface area contributed by atoms with Gasteiger partial charge in [-0.05, 0) is 24.3 Å². The van der Waals surface area contributed by atoms with Gasteiger partial charge in [-0.15, -0.1) is 11.3 Å². The zero-order valence-electron chi connectivity index (χ0n) is 9.25. The van der Waals surface area contributed by atoms with Crippen LogP contribution in [0.4, 0.5) is 5.69 Å². The summed E-state index contributed by atoms with van der Waals surface area (Å²) in [5.41, 5.74) is 2.60. The van der Waals surface area contributed by atoms with E-state index in [1.165, 1.54) is 11.3 Å². The summed E-state index contributed by atoms with van der Waals surface area (Å²) in [6, 6.07) is 9.30. The van der Waals surface area contributed by atoms with Crippen molar-refractivity contribution in [2.45, 2.75) is 6.04 Å². The number of hydrogen-bond donors (Lipinski definition) is 1. The number of anilines is 1. The molecule has 0 aliphatic carbocycles. The standard InChI is InChI=1S/C12H11N3OS/c1-16-10-4-2-9(3-5-10)15-11(6-13)12-7-14-8-17-12/h2-5,7-8,11,15H,1H3. The van der Waals surface area contributed by atoms with Gasteiger partial charge in [0, 0.05) is 11.9 Å². The summed E-state index contributed by atoms with van der Waals surface area (Å²) in [6.07, 6.45) is 1.70. The molecule has 0 amide bonds. The third-order valence-electron chi connectivity index (χ3n) is 2.27. The highest BCUT2D eigenvalue weighted by Gasteiger charge is 2.11. The Balaban J connectivity index is 2.11. The van der Waals surface area contributed by atoms with E-state index < -0.39 is 0 Å². The number of aromatic nitrogens is 1. The highest BCUT2D eigenvalue weighted by molar-refractivity contribution is 7.09. The second-order valence-electron chi connectivity index (χ2n) is 3.34. The Labute approximate surface area is 103 Å². The molecule has 2 rings (SSSR count). The Bertz CT molecular complexity index is 502. The molecule has 0 bridgehead atoms. The first-order valence-electron chi connectivity index (χ1n) is 5.02. The van der Waals surface area contributed by atoms with Crippen LogP contribution in [0.5, 0.6) is 5.75 Å². The van der Waals surface area contributed by atoms with E-state index in [0.29, 0.717) is 0 Å². The van der Waals surface area contributed by atoms with Crippen LogP contribution in [0.3, 0.4) is 0 Å². The molecule has 0 spiro atoms. The fourth-order valence-corrected chi connectivity index (χ4v) is 2.00. The SMILES string of the molecule is COc1ccc(NC(C#N)c2cncs2)cc1. The molecular weight excluding hydrogens is 234 g/mol. The number of nitriles is 1. The Morgan fingerprint density at radius 3 is 2.71 bits per heavy atom. The lowest BCUT2D eigenvalue weighted by molar-refractivity contribution is 0.415. The van der Waals surface area contributed by atoms with Gasteiger partial charge in [-0.2, -0.15) is 5.26 Å². The van der Waals surface area contributed by atoms with Crippen LogP contribution in [0.2, 0.25) is 0 Å². The number of rotatable bonds is 4. The second kappa shape index (κ2) is 5.32. The Kier molecular flexibility index (Phi) is 3.58. The summed E-state index contributed by atoms with van der Waals surface area (Å²) in [5, 5.41) is 12.2. The molecule has 4 nitrogen and oxygen atoms in total. The van der Waals surface area contributed by atoms with Crippen molar-refractivity contribution in [3.8, 4) is 11.8 Å². The van der Waals surface area contributed by atoms with E-state index in [9.17, 15) is 0 Å². The van der Waals surface area contributed by atoms with Gasteiger partial charge in [-0.1, -0.05) is 0 Å². The molecule has 2 aromatic rings. The molecule has 1 aromatic heterocycles. The van der Waals surface area contributed by atoms with Crippen molar-refractivity contribution in [3.05, 3.63) is 40.8 Å². The van der Waals surface area contributed by atoms with E-state index in [-0.39, 0.29) is 6.04 Å². The lowest BCUT2D eigenvalue weighted by atomic mass is 10.2. The average molecular weight is 245 g/mol. The molecule has 0 saturated carbocycles. The van der Waals surface area contributed by atoms with Gasteiger partial charge in [0.1, 0.15) is 5.75 Å². The number of ether oxygens (including phenoxy) is 1. The number of methoxy groups -OCH3 is 1. The van der Waals surface area contributed by atoms with Crippen LogP contribution in [-0.4, -0.2) is 12.1 Å². The van der Waals surface area contributed by atoms with Crippen LogP contribution in [0, 0.1) is 11.3 Å². The monoisotopic (exact) mass is 245 g/mol. The summed E-state index contributed by atoms with van der Waals surface area (Å²) in [6.45, 7) is 0. The van der Waals surface area contributed by atoms with Gasteiger partial charge < -0.3 is 10.1 Å². The molecule has 0 aliphatic rings. The van der Waals surface area contributed by atoms with Gasteiger partial charge in [0.2, 0.25) is 0 Å². The molecular formula is C12H11N3OS. The Morgan fingerprint density at radius 2 is 2.18 bits per heavy atom. The predicted molar refractivity (Wildman–Crippen MR) is 67.1 cm³/mol. The number of nitrogens with one attached hydrogen (secondary N) is 1. The number of nitrogens with zero attached hydrogens (tertiary/aromatic N) is 2. The van der Waals surface area contributed by atoms with Crippen molar-refractivity contribution in [2.24, 2.45) is 0 Å². The molecule has 86 valence electrons. The maximum atomic E-state index is 9.10. The minimum atomic E-state index is -0.365. The van der Waals surface area contributed by atoms with Crippen molar-refractivity contribution in [1.82, 2.24) is 4.98 Å². The van der Waals surface area contributed by atoms with Gasteiger partial charge in [0.05, 0.1) is 23.6 Å². The minimum Gasteiger partial charge on any atom is -0.497 e. The molecule has 0 saturated heterocycles. The Hall–Kier alpha value is -2.06. The third-order valence-corrected chi connectivity index (χ3v) is 3.11. The number of thiazole rings is 1. The lowest BCUT2D eigenvalue weighted by Crippen LogP contribution is -2.06. The topological polar surface area (TPSA) is 57.9 Å². The van der Waals surface area contributed by atoms with Gasteiger partial charge in [0.25, 0.3) is 0 Å². The van der Waals surface area contributed by atoms with E-state index in [0.717, 1.165) is 16.3 Å². The van der Waals surface area contributed by atoms with Crippen molar-refractivity contribution < 1.29 is 4.74 Å². The average Bonchev–Trinajstić information content (AvgIpc) is 2.90. The van der Waals surface area contributed by atoms with Crippen LogP contribution in [0.25, 0.3) is 0 Å². The quantitative estimate of drug-likeness (QED) is 0.899. The molecule has 1 atom stereocenters. The molecule has 1 unspecified atom stereocenters. The first kappa shape index (κ1) is 11.4. The fourth-order valence-electron chi connectivity index (χ4n) is 1.39. The van der Waals surface area contributed by atoms with Gasteiger partial charge >= 0.3 is 0 Å². The molecule has 5 heteroatoms. The van der Waals surface area contributed by atoms with Crippen LogP contribution >= 0.6 is 11.3 Å². The van der Waals surface area contributed by atoms with E-state index in [4.69, 9.17) is 10.00 Å². The van der Waals surface area contributed by atoms with Crippen molar-refractivity contribution in [3.63, 3.8) is 0 Å². The van der Waals surface area contributed by atoms with Gasteiger partial charge in [-0.25, -0.2) is 0 Å². The number of hydrogen-bond acceptors (Lipinski definition) is 5. The van der Waals surface area contributed by atoms with E-state index in [1.54, 1.807) is 18.8 Å². The molecule has 17 heavy (non-hydrogen) atoms. The van der Waals surface area contributed by atoms with E-state index in [1.807, 2.05) is 24.3 Å². The first-order chi connectivity index (χ1) is 8.33. The van der Waals surface area contributed by atoms with Crippen molar-refractivity contribution in [1.29, 1.82) is 5.26 Å². The van der Waals surface area contributed by atoms with Crippen LogP contribution in [0.1, 0.15) is 10.9 Å². The second-order valence-corrected chi connectivity index (χ2v) is 4.26. The largest absolute Gasteiger partial charge is 0.497 e. The van der Waals surface area contributed by atoms with Crippen LogP contribution in [-0.2, 0) is 0 Å². The smallest absolute Gasteiger partial charge is 0.151 e. The highest BCUT2D eigenvalue weighted by Crippen LogP contribution is 2.23. The van der Waals surface area contributed by atoms with Crippen LogP contribution < -0.4 is 10.1 Å². The number of benzene rings is 1. The summed E-state index contributed by atoms with van der Waals surface area (Å²) < 4.78 is 5.07. The summed E-state index contributed by atoms with van der Waals surface area (Å²) in [4.78, 5) is 4.87. The molecule has 1 heterocycles. The zero-order valence-corrected chi connectivity index (χ0v) is 10.1. The van der Waals surface area contributed by atoms with E-state index in [2.05, 4.69) is 16.4 Å². The van der Waals surface area contributed by atoms with E-state index >= 15 is 0 Å². The maximum absolute atomic E-state index is 9.10. The minimum absolute atomic E-state index is 0.365. The maximum Gasteiger partial charge on any atom is 0.151 e. The molecule has 0 aliphatic heterocycles. The fraction of sp³-hybridized carbons (Fsp3) is 0.167. The Morgan fingerprint density at radius 1 is 1.41 bits per heavy atom.